The van der Waals surface area contributed by atoms with E-state index in [1.807, 2.05) is 0 Å². The van der Waals surface area contributed by atoms with Crippen molar-refractivity contribution in [3.8, 4) is 39.1 Å². The molecule has 0 saturated carbocycles. The highest BCUT2D eigenvalue weighted by atomic mass is 15.1. The lowest BCUT2D eigenvalue weighted by Crippen LogP contribution is -2.16. The summed E-state index contributed by atoms with van der Waals surface area (Å²) in [5, 5.41) is 5.01. The fraction of sp³-hybridized carbons (Fsp3) is 0.0545. The average molecular weight is 729 g/mol. The van der Waals surface area contributed by atoms with Gasteiger partial charge < -0.3 is 9.47 Å². The monoisotopic (exact) mass is 728 g/mol. The predicted molar refractivity (Wildman–Crippen MR) is 241 cm³/mol. The third-order valence-electron chi connectivity index (χ3n) is 12.2. The molecule has 11 rings (SSSR count). The van der Waals surface area contributed by atoms with Crippen LogP contribution in [0.1, 0.15) is 25.0 Å². The quantitative estimate of drug-likeness (QED) is 0.165. The van der Waals surface area contributed by atoms with Crippen molar-refractivity contribution >= 4 is 49.6 Å². The minimum absolute atomic E-state index is 0.0824. The second-order valence-corrected chi connectivity index (χ2v) is 15.8. The maximum atomic E-state index is 2.46. The first kappa shape index (κ1) is 33.2. The molecular weight excluding hydrogens is 689 g/mol. The summed E-state index contributed by atoms with van der Waals surface area (Å²) in [5.41, 5.74) is 17.1. The normalized spacial score (nSPS) is 12.9. The van der Waals surface area contributed by atoms with Crippen LogP contribution < -0.4 is 4.90 Å². The molecule has 0 atom stereocenters. The van der Waals surface area contributed by atoms with E-state index in [2.05, 4.69) is 230 Å². The fourth-order valence-electron chi connectivity index (χ4n) is 9.34. The Hall–Kier alpha value is -7.16. The van der Waals surface area contributed by atoms with Crippen LogP contribution >= 0.6 is 0 Å². The molecule has 0 N–H and O–H groups in total. The Morgan fingerprint density at radius 2 is 0.965 bits per heavy atom. The molecule has 270 valence electrons. The standard InChI is InChI=1S/C55H40N2/c1-55(2)50-21-11-8-19-46(50)47-33-31-44(36-51(47)55)56(42-16-4-3-5-17-42)43-29-26-38(27-30-43)45-18-9-12-22-52(45)57-53-23-13-10-20-48(53)49-32-28-41(35-54(49)57)40-25-24-37-14-6-7-15-39(37)34-40/h3-36H,1-2H3. The minimum atomic E-state index is -0.0824. The van der Waals surface area contributed by atoms with E-state index in [-0.39, 0.29) is 5.41 Å². The molecule has 9 aromatic carbocycles. The maximum Gasteiger partial charge on any atom is 0.0547 e. The average Bonchev–Trinajstić information content (AvgIpc) is 3.72. The third kappa shape index (κ3) is 5.33. The van der Waals surface area contributed by atoms with Crippen LogP contribution in [0.3, 0.4) is 0 Å². The summed E-state index contributed by atoms with van der Waals surface area (Å²) in [4.78, 5) is 2.39. The van der Waals surface area contributed by atoms with Gasteiger partial charge in [-0.25, -0.2) is 0 Å². The van der Waals surface area contributed by atoms with Gasteiger partial charge in [0, 0.05) is 38.8 Å². The van der Waals surface area contributed by atoms with Gasteiger partial charge in [-0.2, -0.15) is 0 Å². The Kier molecular flexibility index (Phi) is 7.55. The first-order valence-corrected chi connectivity index (χ1v) is 19.8. The summed E-state index contributed by atoms with van der Waals surface area (Å²) >= 11 is 0. The summed E-state index contributed by atoms with van der Waals surface area (Å²) in [7, 11) is 0. The van der Waals surface area contributed by atoms with Crippen LogP contribution in [0.5, 0.6) is 0 Å². The van der Waals surface area contributed by atoms with E-state index in [0.717, 1.165) is 22.7 Å². The van der Waals surface area contributed by atoms with Crippen LogP contribution in [0.15, 0.2) is 206 Å². The van der Waals surface area contributed by atoms with Gasteiger partial charge in [0.25, 0.3) is 0 Å². The van der Waals surface area contributed by atoms with Gasteiger partial charge in [0.05, 0.1) is 16.7 Å². The van der Waals surface area contributed by atoms with Crippen molar-refractivity contribution in [1.82, 2.24) is 4.57 Å². The molecule has 2 heteroatoms. The van der Waals surface area contributed by atoms with Crippen LogP contribution in [0, 0.1) is 0 Å². The molecule has 0 bridgehead atoms. The number of para-hydroxylation sites is 3. The first-order chi connectivity index (χ1) is 28.0. The Morgan fingerprint density at radius 1 is 0.368 bits per heavy atom. The number of benzene rings is 9. The van der Waals surface area contributed by atoms with Crippen molar-refractivity contribution in [3.63, 3.8) is 0 Å². The second-order valence-electron chi connectivity index (χ2n) is 15.8. The topological polar surface area (TPSA) is 8.17 Å². The predicted octanol–water partition coefficient (Wildman–Crippen LogP) is 15.0. The van der Waals surface area contributed by atoms with Crippen molar-refractivity contribution in [2.24, 2.45) is 0 Å². The maximum absolute atomic E-state index is 2.46. The molecule has 0 aliphatic heterocycles. The zero-order valence-electron chi connectivity index (χ0n) is 32.0. The lowest BCUT2D eigenvalue weighted by molar-refractivity contribution is 0.660. The van der Waals surface area contributed by atoms with Gasteiger partial charge >= 0.3 is 0 Å². The van der Waals surface area contributed by atoms with Crippen molar-refractivity contribution in [2.45, 2.75) is 19.3 Å². The third-order valence-corrected chi connectivity index (χ3v) is 12.2. The van der Waals surface area contributed by atoms with Gasteiger partial charge in [-0.1, -0.05) is 159 Å². The molecule has 1 aliphatic carbocycles. The van der Waals surface area contributed by atoms with E-state index in [1.54, 1.807) is 0 Å². The summed E-state index contributed by atoms with van der Waals surface area (Å²) in [5.74, 6) is 0. The summed E-state index contributed by atoms with van der Waals surface area (Å²) in [6.45, 7) is 4.70. The fourth-order valence-corrected chi connectivity index (χ4v) is 9.34. The van der Waals surface area contributed by atoms with Gasteiger partial charge in [0.1, 0.15) is 0 Å². The van der Waals surface area contributed by atoms with E-state index < -0.39 is 0 Å². The summed E-state index contributed by atoms with van der Waals surface area (Å²) in [6, 6.07) is 75.6. The van der Waals surface area contributed by atoms with Crippen LogP contribution in [0.25, 0.3) is 71.6 Å². The number of aromatic nitrogens is 1. The van der Waals surface area contributed by atoms with Gasteiger partial charge in [0.2, 0.25) is 0 Å². The van der Waals surface area contributed by atoms with Gasteiger partial charge in [-0.05, 0) is 110 Å². The molecule has 10 aromatic rings. The van der Waals surface area contributed by atoms with E-state index in [4.69, 9.17) is 0 Å². The van der Waals surface area contributed by atoms with Gasteiger partial charge in [0.15, 0.2) is 0 Å². The first-order valence-electron chi connectivity index (χ1n) is 19.8. The van der Waals surface area contributed by atoms with Crippen molar-refractivity contribution < 1.29 is 0 Å². The van der Waals surface area contributed by atoms with Crippen LogP contribution in [-0.4, -0.2) is 4.57 Å². The zero-order chi connectivity index (χ0) is 38.1. The van der Waals surface area contributed by atoms with E-state index in [9.17, 15) is 0 Å². The Bertz CT molecular complexity index is 3150. The SMILES string of the molecule is CC1(C)c2ccccc2-c2ccc(N(c3ccccc3)c3ccc(-c4ccccc4-n4c5ccccc5c5ccc(-c6ccc7ccccc7c6)cc54)cc3)cc21. The molecule has 1 heterocycles. The molecule has 0 radical (unpaired) electrons. The highest BCUT2D eigenvalue weighted by Crippen LogP contribution is 2.50. The highest BCUT2D eigenvalue weighted by Gasteiger charge is 2.35. The number of fused-ring (bicyclic) bond motifs is 7. The molecule has 0 unspecified atom stereocenters. The molecule has 1 aromatic heterocycles. The number of anilines is 3. The van der Waals surface area contributed by atoms with Gasteiger partial charge in [-0.3, -0.25) is 0 Å². The Labute approximate surface area is 333 Å². The molecule has 0 amide bonds. The van der Waals surface area contributed by atoms with Crippen molar-refractivity contribution in [1.29, 1.82) is 0 Å². The molecule has 0 fully saturated rings. The van der Waals surface area contributed by atoms with Crippen molar-refractivity contribution in [2.75, 3.05) is 4.90 Å². The molecular formula is C55H40N2. The van der Waals surface area contributed by atoms with Crippen molar-refractivity contribution in [3.05, 3.63) is 217 Å². The number of hydrogen-bond acceptors (Lipinski definition) is 1. The minimum Gasteiger partial charge on any atom is -0.310 e. The second kappa shape index (κ2) is 13.0. The number of nitrogens with zero attached hydrogens (tertiary/aromatic N) is 2. The Morgan fingerprint density at radius 3 is 1.82 bits per heavy atom. The number of rotatable bonds is 6. The van der Waals surface area contributed by atoms with Crippen LogP contribution in [0.4, 0.5) is 17.1 Å². The van der Waals surface area contributed by atoms with Gasteiger partial charge in [-0.15, -0.1) is 0 Å². The van der Waals surface area contributed by atoms with Crippen LogP contribution in [0.2, 0.25) is 0 Å². The number of hydrogen-bond donors (Lipinski definition) is 0. The lowest BCUT2D eigenvalue weighted by Gasteiger charge is -2.28. The Balaban J connectivity index is 1.03. The largest absolute Gasteiger partial charge is 0.310 e. The highest BCUT2D eigenvalue weighted by molar-refractivity contribution is 6.11. The van der Waals surface area contributed by atoms with E-state index in [0.29, 0.717) is 0 Å². The van der Waals surface area contributed by atoms with E-state index in [1.165, 1.54) is 77.1 Å². The lowest BCUT2D eigenvalue weighted by atomic mass is 9.82. The zero-order valence-corrected chi connectivity index (χ0v) is 32.0. The molecule has 0 spiro atoms. The van der Waals surface area contributed by atoms with E-state index >= 15 is 0 Å². The smallest absolute Gasteiger partial charge is 0.0547 e. The molecule has 0 saturated heterocycles. The molecule has 2 nitrogen and oxygen atoms in total. The summed E-state index contributed by atoms with van der Waals surface area (Å²) < 4.78 is 2.46. The molecule has 1 aliphatic rings. The summed E-state index contributed by atoms with van der Waals surface area (Å²) in [6.07, 6.45) is 0. The van der Waals surface area contributed by atoms with Crippen LogP contribution in [-0.2, 0) is 5.41 Å². The molecule has 57 heavy (non-hydrogen) atoms.